The number of fused-ring (bicyclic) bond motifs is 10. The van der Waals surface area contributed by atoms with Crippen LogP contribution in [0.1, 0.15) is 18.4 Å². The van der Waals surface area contributed by atoms with Crippen molar-refractivity contribution in [3.63, 3.8) is 0 Å². The molecule has 0 unspecified atom stereocenters. The van der Waals surface area contributed by atoms with E-state index in [0.29, 0.717) is 17.5 Å². The molecule has 11 rings (SSSR count). The Morgan fingerprint density at radius 2 is 0.952 bits per heavy atom. The van der Waals surface area contributed by atoms with Crippen LogP contribution in [0.5, 0.6) is 0 Å². The van der Waals surface area contributed by atoms with Crippen LogP contribution in [0.15, 0.2) is 234 Å². The SMILES string of the molecule is C=C(/N=C(\N=C(/N)C1=CCCC=C1)c1ccccc1)n1c2ccccc2c2cc(-c3ccc(-n4c5ccccc5c5ccccc5c5ccccc5c5ccccc54)cc3)ccc21. The fraction of sp³-hybridized carbons (Fsp3) is 0.0345. The van der Waals surface area contributed by atoms with Crippen molar-refractivity contribution in [1.82, 2.24) is 9.13 Å². The highest BCUT2D eigenvalue weighted by atomic mass is 15.1. The van der Waals surface area contributed by atoms with Crippen molar-refractivity contribution < 1.29 is 0 Å². The number of allylic oxidation sites excluding steroid dienone is 2. The van der Waals surface area contributed by atoms with Crippen molar-refractivity contribution in [3.8, 4) is 16.8 Å². The second-order valence-electron chi connectivity index (χ2n) is 15.9. The lowest BCUT2D eigenvalue weighted by Gasteiger charge is -2.14. The third-order valence-corrected chi connectivity index (χ3v) is 12.2. The zero-order chi connectivity index (χ0) is 42.3. The molecular weight excluding hydrogens is 767 g/mol. The van der Waals surface area contributed by atoms with Gasteiger partial charge in [0.15, 0.2) is 5.84 Å². The van der Waals surface area contributed by atoms with Gasteiger partial charge in [0.2, 0.25) is 0 Å². The van der Waals surface area contributed by atoms with Gasteiger partial charge in [0, 0.05) is 38.4 Å². The first-order chi connectivity index (χ1) is 31.1. The van der Waals surface area contributed by atoms with Crippen LogP contribution in [0.25, 0.3) is 87.8 Å². The molecule has 1 aliphatic rings. The van der Waals surface area contributed by atoms with E-state index in [4.69, 9.17) is 15.7 Å². The molecule has 5 heteroatoms. The Labute approximate surface area is 365 Å². The summed E-state index contributed by atoms with van der Waals surface area (Å²) in [5.74, 6) is 1.50. The largest absolute Gasteiger partial charge is 0.383 e. The van der Waals surface area contributed by atoms with Gasteiger partial charge in [-0.1, -0.05) is 176 Å². The smallest absolute Gasteiger partial charge is 0.163 e. The van der Waals surface area contributed by atoms with Crippen LogP contribution in [0.3, 0.4) is 0 Å². The Morgan fingerprint density at radius 3 is 1.54 bits per heavy atom. The van der Waals surface area contributed by atoms with Gasteiger partial charge in [-0.2, -0.15) is 0 Å². The van der Waals surface area contributed by atoms with Crippen LogP contribution in [-0.2, 0) is 0 Å². The predicted octanol–water partition coefficient (Wildman–Crippen LogP) is 14.5. The molecule has 0 aliphatic heterocycles. The molecule has 2 heterocycles. The van der Waals surface area contributed by atoms with Crippen molar-refractivity contribution in [2.24, 2.45) is 15.7 Å². The van der Waals surface area contributed by atoms with Crippen molar-refractivity contribution >= 4 is 82.6 Å². The molecule has 0 saturated heterocycles. The zero-order valence-corrected chi connectivity index (χ0v) is 34.7. The molecule has 0 spiro atoms. The van der Waals surface area contributed by atoms with Gasteiger partial charge in [0.1, 0.15) is 11.7 Å². The number of hydrogen-bond donors (Lipinski definition) is 1. The number of para-hydroxylation sites is 3. The summed E-state index contributed by atoms with van der Waals surface area (Å²) in [5.41, 5.74) is 16.0. The molecule has 300 valence electrons. The average molecular weight is 810 g/mol. The number of amidine groups is 2. The maximum atomic E-state index is 6.59. The predicted molar refractivity (Wildman–Crippen MR) is 268 cm³/mol. The first-order valence-electron chi connectivity index (χ1n) is 21.5. The summed E-state index contributed by atoms with van der Waals surface area (Å²) in [4.78, 5) is 9.98. The van der Waals surface area contributed by atoms with Gasteiger partial charge >= 0.3 is 0 Å². The summed E-state index contributed by atoms with van der Waals surface area (Å²) in [6, 6.07) is 69.1. The van der Waals surface area contributed by atoms with E-state index in [0.717, 1.165) is 73.6 Å². The molecule has 2 aromatic heterocycles. The van der Waals surface area contributed by atoms with Crippen LogP contribution in [0.2, 0.25) is 0 Å². The maximum absolute atomic E-state index is 6.59. The molecule has 5 nitrogen and oxygen atoms in total. The lowest BCUT2D eigenvalue weighted by atomic mass is 10.0. The van der Waals surface area contributed by atoms with Gasteiger partial charge in [-0.05, 0) is 88.0 Å². The first-order valence-corrected chi connectivity index (χ1v) is 21.5. The summed E-state index contributed by atoms with van der Waals surface area (Å²) in [6.07, 6.45) is 8.23. The monoisotopic (exact) mass is 809 g/mol. The highest BCUT2D eigenvalue weighted by Crippen LogP contribution is 2.37. The van der Waals surface area contributed by atoms with Gasteiger partial charge in [-0.25, -0.2) is 9.98 Å². The van der Waals surface area contributed by atoms with Crippen molar-refractivity contribution in [2.75, 3.05) is 0 Å². The molecule has 0 amide bonds. The second kappa shape index (κ2) is 16.0. The Morgan fingerprint density at radius 1 is 0.460 bits per heavy atom. The quantitative estimate of drug-likeness (QED) is 0.132. The van der Waals surface area contributed by atoms with Gasteiger partial charge < -0.3 is 10.3 Å². The van der Waals surface area contributed by atoms with E-state index in [1.165, 1.54) is 32.3 Å². The molecule has 0 radical (unpaired) electrons. The summed E-state index contributed by atoms with van der Waals surface area (Å²) < 4.78 is 4.54. The second-order valence-corrected chi connectivity index (χ2v) is 15.9. The standard InChI is InChI=1S/C58H43N5/c1-39(60-58(42-20-6-3-7-21-42)61-57(59)41-18-4-2-5-19-41)62-53-29-15-14-28-51(53)52-38-43(34-37-56(52)62)40-32-35-44(36-33-40)63-54-30-16-12-26-49(54)47-24-10-8-22-45(47)46-23-9-11-25-48(46)50-27-13-17-31-55(50)63/h3-4,6-38H,1-2,5H2,(H2,59,60,61). The molecule has 0 bridgehead atoms. The van der Waals surface area contributed by atoms with Gasteiger partial charge in [0.05, 0.1) is 22.1 Å². The van der Waals surface area contributed by atoms with E-state index in [1.54, 1.807) is 0 Å². The first kappa shape index (κ1) is 37.7. The Hall–Kier alpha value is -8.28. The molecule has 0 fully saturated rings. The summed E-state index contributed by atoms with van der Waals surface area (Å²) in [7, 11) is 0. The topological polar surface area (TPSA) is 60.6 Å². The number of nitrogens with two attached hydrogens (primary N) is 1. The van der Waals surface area contributed by atoms with E-state index in [9.17, 15) is 0 Å². The minimum Gasteiger partial charge on any atom is -0.383 e. The van der Waals surface area contributed by atoms with E-state index in [1.807, 2.05) is 36.4 Å². The van der Waals surface area contributed by atoms with Crippen molar-refractivity contribution in [1.29, 1.82) is 0 Å². The number of benzene rings is 8. The summed E-state index contributed by atoms with van der Waals surface area (Å²) >= 11 is 0. The van der Waals surface area contributed by atoms with E-state index >= 15 is 0 Å². The third kappa shape index (κ3) is 6.77. The fourth-order valence-electron chi connectivity index (χ4n) is 9.24. The van der Waals surface area contributed by atoms with E-state index < -0.39 is 0 Å². The number of aliphatic imine (C=N–C) groups is 2. The molecule has 2 N–H and O–H groups in total. The van der Waals surface area contributed by atoms with Crippen molar-refractivity contribution in [3.05, 3.63) is 230 Å². The molecule has 8 aromatic carbocycles. The lowest BCUT2D eigenvalue weighted by Crippen LogP contribution is -2.17. The summed E-state index contributed by atoms with van der Waals surface area (Å²) in [5, 5.41) is 9.46. The maximum Gasteiger partial charge on any atom is 0.163 e. The highest BCUT2D eigenvalue weighted by Gasteiger charge is 2.16. The Balaban J connectivity index is 1.05. The molecule has 63 heavy (non-hydrogen) atoms. The third-order valence-electron chi connectivity index (χ3n) is 12.2. The van der Waals surface area contributed by atoms with Gasteiger partial charge in [0.25, 0.3) is 0 Å². The molecule has 1 aliphatic carbocycles. The highest BCUT2D eigenvalue weighted by molar-refractivity contribution is 6.20. The fourth-order valence-corrected chi connectivity index (χ4v) is 9.24. The number of nitrogens with zero attached hydrogens (tertiary/aromatic N) is 4. The van der Waals surface area contributed by atoms with Crippen LogP contribution in [-0.4, -0.2) is 20.8 Å². The number of rotatable bonds is 6. The van der Waals surface area contributed by atoms with E-state index in [-0.39, 0.29) is 0 Å². The van der Waals surface area contributed by atoms with Crippen molar-refractivity contribution in [2.45, 2.75) is 12.8 Å². The molecule has 0 atom stereocenters. The van der Waals surface area contributed by atoms with Crippen LogP contribution < -0.4 is 5.73 Å². The molecule has 10 aromatic rings. The Bertz CT molecular complexity index is 3530. The Kier molecular flexibility index (Phi) is 9.55. The van der Waals surface area contributed by atoms with Gasteiger partial charge in [-0.3, -0.25) is 4.57 Å². The number of hydrogen-bond acceptors (Lipinski definition) is 1. The number of aromatic nitrogens is 2. The average Bonchev–Trinajstić information content (AvgIpc) is 3.70. The minimum atomic E-state index is 0.435. The zero-order valence-electron chi connectivity index (χ0n) is 34.7. The van der Waals surface area contributed by atoms with Crippen LogP contribution >= 0.6 is 0 Å². The molecular formula is C58H43N5. The summed E-state index contributed by atoms with van der Waals surface area (Å²) in [6.45, 7) is 4.52. The van der Waals surface area contributed by atoms with Crippen LogP contribution in [0, 0.1) is 0 Å². The lowest BCUT2D eigenvalue weighted by molar-refractivity contribution is 1.03. The van der Waals surface area contributed by atoms with Gasteiger partial charge in [-0.15, -0.1) is 0 Å². The molecule has 0 saturated carbocycles. The normalized spacial score (nSPS) is 13.3. The minimum absolute atomic E-state index is 0.435. The van der Waals surface area contributed by atoms with E-state index in [2.05, 4.69) is 192 Å². The van der Waals surface area contributed by atoms with Crippen LogP contribution in [0.4, 0.5) is 0 Å².